The van der Waals surface area contributed by atoms with Crippen molar-refractivity contribution < 1.29 is 9.53 Å². The topological polar surface area (TPSA) is 52.1 Å². The van der Waals surface area contributed by atoms with Crippen molar-refractivity contribution in [2.75, 3.05) is 7.11 Å². The van der Waals surface area contributed by atoms with Gasteiger partial charge in [0, 0.05) is 5.56 Å². The van der Waals surface area contributed by atoms with Crippen molar-refractivity contribution in [1.82, 2.24) is 10.2 Å². The first kappa shape index (κ1) is 14.2. The number of nitrogens with zero attached hydrogens (tertiary/aromatic N) is 2. The molecule has 0 saturated heterocycles. The van der Waals surface area contributed by atoms with Crippen LogP contribution < -0.4 is 4.74 Å². The summed E-state index contributed by atoms with van der Waals surface area (Å²) in [4.78, 5) is 12.7. The van der Waals surface area contributed by atoms with E-state index in [-0.39, 0.29) is 5.78 Å². The van der Waals surface area contributed by atoms with Gasteiger partial charge >= 0.3 is 0 Å². The zero-order valence-electron chi connectivity index (χ0n) is 12.4. The molecule has 1 aromatic carbocycles. The van der Waals surface area contributed by atoms with Crippen LogP contribution in [0.15, 0.2) is 18.2 Å². The van der Waals surface area contributed by atoms with Crippen molar-refractivity contribution in [3.05, 3.63) is 51.8 Å². The fourth-order valence-electron chi connectivity index (χ4n) is 2.16. The minimum atomic E-state index is -0.0829. The van der Waals surface area contributed by atoms with Crippen LogP contribution in [0.2, 0.25) is 0 Å². The van der Waals surface area contributed by atoms with Crippen LogP contribution in [0.1, 0.15) is 38.4 Å². The second-order valence-electron chi connectivity index (χ2n) is 4.90. The standard InChI is InChI=1S/C16H18N2O2/c1-9-6-7-13(16(20-5)11(9)3)15(19)14-8-10(2)17-18-12(14)4/h6-8H,1-5H3. The van der Waals surface area contributed by atoms with E-state index in [1.54, 1.807) is 26.2 Å². The molecule has 0 saturated carbocycles. The Kier molecular flexibility index (Phi) is 3.84. The van der Waals surface area contributed by atoms with Gasteiger partial charge in [-0.3, -0.25) is 4.79 Å². The van der Waals surface area contributed by atoms with E-state index in [4.69, 9.17) is 4.74 Å². The molecule has 0 aliphatic rings. The molecule has 0 bridgehead atoms. The average molecular weight is 270 g/mol. The maximum atomic E-state index is 12.7. The molecule has 0 atom stereocenters. The highest BCUT2D eigenvalue weighted by atomic mass is 16.5. The van der Waals surface area contributed by atoms with Gasteiger partial charge in [0.1, 0.15) is 5.75 Å². The highest BCUT2D eigenvalue weighted by molar-refractivity contribution is 6.11. The first-order chi connectivity index (χ1) is 9.45. The number of rotatable bonds is 3. The molecule has 2 aromatic rings. The van der Waals surface area contributed by atoms with E-state index in [1.807, 2.05) is 26.8 Å². The van der Waals surface area contributed by atoms with Gasteiger partial charge in [-0.2, -0.15) is 10.2 Å². The number of hydrogen-bond donors (Lipinski definition) is 0. The van der Waals surface area contributed by atoms with E-state index < -0.39 is 0 Å². The van der Waals surface area contributed by atoms with Crippen LogP contribution in [0.25, 0.3) is 0 Å². The summed E-state index contributed by atoms with van der Waals surface area (Å²) in [6.45, 7) is 7.55. The van der Waals surface area contributed by atoms with Gasteiger partial charge in [0.25, 0.3) is 0 Å². The second kappa shape index (κ2) is 5.41. The zero-order chi connectivity index (χ0) is 14.9. The van der Waals surface area contributed by atoms with Gasteiger partial charge in [-0.05, 0) is 51.0 Å². The molecule has 4 heteroatoms. The summed E-state index contributed by atoms with van der Waals surface area (Å²) < 4.78 is 5.41. The van der Waals surface area contributed by atoms with Gasteiger partial charge in [-0.25, -0.2) is 0 Å². The number of carbonyl (C=O) groups is 1. The Hall–Kier alpha value is -2.23. The normalized spacial score (nSPS) is 10.4. The van der Waals surface area contributed by atoms with E-state index >= 15 is 0 Å². The lowest BCUT2D eigenvalue weighted by Gasteiger charge is -2.13. The summed E-state index contributed by atoms with van der Waals surface area (Å²) >= 11 is 0. The number of methoxy groups -OCH3 is 1. The lowest BCUT2D eigenvalue weighted by molar-refractivity contribution is 0.103. The number of ketones is 1. The number of ether oxygens (including phenoxy) is 1. The van der Waals surface area contributed by atoms with Crippen LogP contribution >= 0.6 is 0 Å². The summed E-state index contributed by atoms with van der Waals surface area (Å²) in [5.41, 5.74) is 4.56. The van der Waals surface area contributed by atoms with Gasteiger partial charge in [-0.15, -0.1) is 0 Å². The van der Waals surface area contributed by atoms with Crippen molar-refractivity contribution in [3.63, 3.8) is 0 Å². The molecule has 1 aromatic heterocycles. The van der Waals surface area contributed by atoms with Crippen LogP contribution in [0, 0.1) is 27.7 Å². The molecule has 1 heterocycles. The molecule has 20 heavy (non-hydrogen) atoms. The number of benzene rings is 1. The quantitative estimate of drug-likeness (QED) is 0.805. The highest BCUT2D eigenvalue weighted by Crippen LogP contribution is 2.28. The number of carbonyl (C=O) groups excluding carboxylic acids is 1. The smallest absolute Gasteiger partial charge is 0.198 e. The number of hydrogen-bond acceptors (Lipinski definition) is 4. The molecule has 2 rings (SSSR count). The van der Waals surface area contributed by atoms with Crippen molar-refractivity contribution >= 4 is 5.78 Å². The lowest BCUT2D eigenvalue weighted by atomic mass is 9.97. The number of aromatic nitrogens is 2. The molecule has 0 aliphatic carbocycles. The third-order valence-corrected chi connectivity index (χ3v) is 3.47. The van der Waals surface area contributed by atoms with Crippen LogP contribution in [0.3, 0.4) is 0 Å². The molecular formula is C16H18N2O2. The largest absolute Gasteiger partial charge is 0.496 e. The average Bonchev–Trinajstić information content (AvgIpc) is 2.43. The Bertz CT molecular complexity index is 678. The SMILES string of the molecule is COc1c(C(=O)c2cc(C)nnc2C)ccc(C)c1C. The first-order valence-electron chi connectivity index (χ1n) is 6.45. The fraction of sp³-hybridized carbons (Fsp3) is 0.312. The predicted octanol–water partition coefficient (Wildman–Crippen LogP) is 2.95. The van der Waals surface area contributed by atoms with Crippen LogP contribution in [0.5, 0.6) is 5.75 Å². The lowest BCUT2D eigenvalue weighted by Crippen LogP contribution is -2.09. The summed E-state index contributed by atoms with van der Waals surface area (Å²) in [6.07, 6.45) is 0. The molecular weight excluding hydrogens is 252 g/mol. The molecule has 0 fully saturated rings. The number of aryl methyl sites for hydroxylation is 3. The van der Waals surface area contributed by atoms with E-state index in [9.17, 15) is 4.79 Å². The van der Waals surface area contributed by atoms with E-state index in [0.717, 1.165) is 16.8 Å². The summed E-state index contributed by atoms with van der Waals surface area (Å²) in [6, 6.07) is 5.50. The predicted molar refractivity (Wildman–Crippen MR) is 77.4 cm³/mol. The van der Waals surface area contributed by atoms with E-state index in [2.05, 4.69) is 10.2 Å². The van der Waals surface area contributed by atoms with Gasteiger partial charge in [0.2, 0.25) is 0 Å². The minimum absolute atomic E-state index is 0.0829. The maximum absolute atomic E-state index is 12.7. The van der Waals surface area contributed by atoms with Crippen LogP contribution in [-0.2, 0) is 0 Å². The van der Waals surface area contributed by atoms with Crippen molar-refractivity contribution in [2.24, 2.45) is 0 Å². The molecule has 0 radical (unpaired) electrons. The molecule has 0 N–H and O–H groups in total. The Morgan fingerprint density at radius 1 is 1.05 bits per heavy atom. The molecule has 0 unspecified atom stereocenters. The summed E-state index contributed by atoms with van der Waals surface area (Å²) in [7, 11) is 1.58. The maximum Gasteiger partial charge on any atom is 0.198 e. The Labute approximate surface area is 118 Å². The Morgan fingerprint density at radius 3 is 2.40 bits per heavy atom. The molecule has 0 aliphatic heterocycles. The van der Waals surface area contributed by atoms with Crippen molar-refractivity contribution in [1.29, 1.82) is 0 Å². The summed E-state index contributed by atoms with van der Waals surface area (Å²) in [5, 5.41) is 7.97. The van der Waals surface area contributed by atoms with Gasteiger partial charge < -0.3 is 4.74 Å². The molecule has 0 amide bonds. The van der Waals surface area contributed by atoms with Crippen molar-refractivity contribution in [2.45, 2.75) is 27.7 Å². The molecule has 0 spiro atoms. The molecule has 4 nitrogen and oxygen atoms in total. The monoisotopic (exact) mass is 270 g/mol. The highest BCUT2D eigenvalue weighted by Gasteiger charge is 2.19. The fourth-order valence-corrected chi connectivity index (χ4v) is 2.16. The van der Waals surface area contributed by atoms with Crippen molar-refractivity contribution in [3.8, 4) is 5.75 Å². The van der Waals surface area contributed by atoms with Gasteiger partial charge in [-0.1, -0.05) is 6.07 Å². The second-order valence-corrected chi connectivity index (χ2v) is 4.90. The van der Waals surface area contributed by atoms with E-state index in [0.29, 0.717) is 22.6 Å². The first-order valence-corrected chi connectivity index (χ1v) is 6.45. The van der Waals surface area contributed by atoms with Crippen LogP contribution in [-0.4, -0.2) is 23.1 Å². The third-order valence-electron chi connectivity index (χ3n) is 3.47. The van der Waals surface area contributed by atoms with E-state index in [1.165, 1.54) is 0 Å². The summed E-state index contributed by atoms with van der Waals surface area (Å²) in [5.74, 6) is 0.546. The van der Waals surface area contributed by atoms with Gasteiger partial charge in [0.15, 0.2) is 5.78 Å². The van der Waals surface area contributed by atoms with Crippen LogP contribution in [0.4, 0.5) is 0 Å². The Balaban J connectivity index is 2.59. The minimum Gasteiger partial charge on any atom is -0.496 e. The zero-order valence-corrected chi connectivity index (χ0v) is 12.4. The molecule has 104 valence electrons. The third kappa shape index (κ3) is 2.41. The van der Waals surface area contributed by atoms with Gasteiger partial charge in [0.05, 0.1) is 24.1 Å². The Morgan fingerprint density at radius 2 is 1.75 bits per heavy atom.